The fraction of sp³-hybridized carbons (Fsp3) is 0.634. The summed E-state index contributed by atoms with van der Waals surface area (Å²) in [7, 11) is -2.59. The van der Waals surface area contributed by atoms with Crippen LogP contribution in [0.25, 0.3) is 10.8 Å². The van der Waals surface area contributed by atoms with Crippen LogP contribution in [-0.4, -0.2) is 106 Å². The van der Waals surface area contributed by atoms with Gasteiger partial charge in [-0.3, -0.25) is 24.0 Å². The number of ether oxygens (including phenoxy) is 2. The number of alkyl halides is 2. The van der Waals surface area contributed by atoms with Crippen molar-refractivity contribution in [1.29, 1.82) is 0 Å². The number of allylic oxidation sites excluding steroid dienone is 1. The molecular weight excluding hydrogens is 777 g/mol. The largest absolute Gasteiger partial charge is 0.494 e. The summed E-state index contributed by atoms with van der Waals surface area (Å²) in [6.07, 6.45) is 4.90. The number of aromatic nitrogens is 1. The zero-order valence-electron chi connectivity index (χ0n) is 34.1. The molecule has 14 nitrogen and oxygen atoms in total. The van der Waals surface area contributed by atoms with E-state index in [-0.39, 0.29) is 37.6 Å². The van der Waals surface area contributed by atoms with E-state index in [9.17, 15) is 27.9 Å². The first-order valence-corrected chi connectivity index (χ1v) is 21.4. The Morgan fingerprint density at radius 1 is 1.14 bits per heavy atom. The molecule has 0 bridgehead atoms. The number of carboxylic acid groups (broad SMARTS) is 1. The Labute approximate surface area is 338 Å². The van der Waals surface area contributed by atoms with Gasteiger partial charge in [0.1, 0.15) is 35.0 Å². The molecule has 2 saturated carbocycles. The molecule has 1 aromatic carbocycles. The van der Waals surface area contributed by atoms with E-state index >= 15 is 13.6 Å². The Kier molecular flexibility index (Phi) is 11.6. The van der Waals surface area contributed by atoms with Gasteiger partial charge in [-0.1, -0.05) is 50.6 Å². The Bertz CT molecular complexity index is 2090. The van der Waals surface area contributed by atoms with Gasteiger partial charge in [0.05, 0.1) is 24.6 Å². The fourth-order valence-corrected chi connectivity index (χ4v) is 9.71. The normalized spacial score (nSPS) is 29.5. The van der Waals surface area contributed by atoms with E-state index in [1.807, 2.05) is 25.1 Å². The van der Waals surface area contributed by atoms with Gasteiger partial charge in [0.15, 0.2) is 0 Å². The first-order chi connectivity index (χ1) is 27.1. The van der Waals surface area contributed by atoms with Gasteiger partial charge in [-0.25, -0.2) is 27.0 Å². The van der Waals surface area contributed by atoms with Crippen LogP contribution >= 0.6 is 0 Å². The molecule has 0 spiro atoms. The third kappa shape index (κ3) is 7.94. The summed E-state index contributed by atoms with van der Waals surface area (Å²) < 4.78 is 70.4. The predicted molar refractivity (Wildman–Crippen MR) is 211 cm³/mol. The van der Waals surface area contributed by atoms with Gasteiger partial charge < -0.3 is 24.8 Å². The number of hydrogen-bond donors (Lipinski definition) is 3. The Balaban J connectivity index is 1.44. The molecule has 6 rings (SSSR count). The zero-order chi connectivity index (χ0) is 42.6. The molecule has 4 amide bonds. The van der Waals surface area contributed by atoms with Gasteiger partial charge >= 0.3 is 6.09 Å². The van der Waals surface area contributed by atoms with E-state index < -0.39 is 85.6 Å². The number of pyridine rings is 1. The quantitative estimate of drug-likeness (QED) is 0.253. The molecule has 2 aliphatic heterocycles. The third-order valence-corrected chi connectivity index (χ3v) is 15.1. The van der Waals surface area contributed by atoms with Crippen molar-refractivity contribution in [3.63, 3.8) is 0 Å². The SMILES string of the molecule is CC[C@@H]1C[C@@H](C)CC/C=C\[C@@H]2C[C@@]2(C(=O)NS(=O)(=O)C2(C)CC2)NC(=O)[C@@H]2C[C@@H](Oc3ncc(OC)c4ccccc34)CN2C(=O)[C@H]1N(C(=O)O)C(C)(C)C(C)(F)F. The van der Waals surface area contributed by atoms with Gasteiger partial charge in [0, 0.05) is 30.0 Å². The summed E-state index contributed by atoms with van der Waals surface area (Å²) in [5.41, 5.74) is -4.03. The van der Waals surface area contributed by atoms with Crippen molar-refractivity contribution in [1.82, 2.24) is 24.8 Å². The molecule has 0 radical (unpaired) electrons. The van der Waals surface area contributed by atoms with Gasteiger partial charge in [0.25, 0.3) is 11.8 Å². The van der Waals surface area contributed by atoms with E-state index in [4.69, 9.17) is 9.47 Å². The zero-order valence-corrected chi connectivity index (χ0v) is 34.9. The summed E-state index contributed by atoms with van der Waals surface area (Å²) >= 11 is 0. The molecular formula is C41H55F2N5O9S. The number of methoxy groups -OCH3 is 1. The number of nitrogens with zero attached hydrogens (tertiary/aromatic N) is 3. The van der Waals surface area contributed by atoms with Crippen LogP contribution in [0.5, 0.6) is 11.6 Å². The highest BCUT2D eigenvalue weighted by Gasteiger charge is 2.63. The first kappa shape index (κ1) is 43.0. The molecule has 0 unspecified atom stereocenters. The minimum atomic E-state index is -4.09. The van der Waals surface area contributed by atoms with Crippen molar-refractivity contribution in [3.05, 3.63) is 42.6 Å². The number of sulfonamides is 1. The average Bonchev–Trinajstić information content (AvgIpc) is 4.03. The second-order valence-corrected chi connectivity index (χ2v) is 19.6. The number of halogens is 2. The molecule has 2 aromatic rings. The summed E-state index contributed by atoms with van der Waals surface area (Å²) in [5, 5.41) is 14.8. The highest BCUT2D eigenvalue weighted by Crippen LogP contribution is 2.48. The van der Waals surface area contributed by atoms with Crippen LogP contribution in [0, 0.1) is 17.8 Å². The first-order valence-electron chi connectivity index (χ1n) is 19.9. The summed E-state index contributed by atoms with van der Waals surface area (Å²) in [5.74, 6) is -6.87. The number of rotatable bonds is 10. The molecule has 3 heterocycles. The lowest BCUT2D eigenvalue weighted by Gasteiger charge is -2.47. The van der Waals surface area contributed by atoms with Crippen molar-refractivity contribution in [2.75, 3.05) is 13.7 Å². The van der Waals surface area contributed by atoms with Gasteiger partial charge in [-0.15, -0.1) is 0 Å². The lowest BCUT2D eigenvalue weighted by atomic mass is 9.81. The number of carbonyl (C=O) groups excluding carboxylic acids is 3. The average molecular weight is 832 g/mol. The molecule has 58 heavy (non-hydrogen) atoms. The molecule has 318 valence electrons. The van der Waals surface area contributed by atoms with Crippen LogP contribution in [0.4, 0.5) is 13.6 Å². The van der Waals surface area contributed by atoms with Gasteiger partial charge in [-0.05, 0) is 77.2 Å². The van der Waals surface area contributed by atoms with Gasteiger partial charge in [-0.2, -0.15) is 0 Å². The van der Waals surface area contributed by atoms with E-state index in [1.54, 1.807) is 32.1 Å². The molecule has 1 saturated heterocycles. The number of carbonyl (C=O) groups is 4. The lowest BCUT2D eigenvalue weighted by molar-refractivity contribution is -0.157. The molecule has 7 atom stereocenters. The Morgan fingerprint density at radius 2 is 1.81 bits per heavy atom. The highest BCUT2D eigenvalue weighted by atomic mass is 32.2. The molecule has 1 aromatic heterocycles. The van der Waals surface area contributed by atoms with Crippen LogP contribution in [-0.2, 0) is 24.4 Å². The fourth-order valence-electron chi connectivity index (χ4n) is 8.40. The topological polar surface area (TPSA) is 185 Å². The third-order valence-electron chi connectivity index (χ3n) is 12.9. The molecule has 3 fully saturated rings. The molecule has 3 N–H and O–H groups in total. The summed E-state index contributed by atoms with van der Waals surface area (Å²) in [6.45, 7) is 7.77. The summed E-state index contributed by atoms with van der Waals surface area (Å²) in [4.78, 5) is 63.3. The van der Waals surface area contributed by atoms with Crippen LogP contribution in [0.15, 0.2) is 42.6 Å². The Hall–Kier alpha value is -4.54. The van der Waals surface area contributed by atoms with Crippen molar-refractivity contribution in [2.24, 2.45) is 17.8 Å². The van der Waals surface area contributed by atoms with E-state index in [1.165, 1.54) is 18.2 Å². The smallest absolute Gasteiger partial charge is 0.408 e. The Morgan fingerprint density at radius 3 is 2.41 bits per heavy atom. The predicted octanol–water partition coefficient (Wildman–Crippen LogP) is 5.65. The number of nitrogens with one attached hydrogen (secondary N) is 2. The van der Waals surface area contributed by atoms with Crippen LogP contribution in [0.1, 0.15) is 92.9 Å². The van der Waals surface area contributed by atoms with Gasteiger partial charge in [0.2, 0.25) is 27.7 Å². The number of benzene rings is 1. The summed E-state index contributed by atoms with van der Waals surface area (Å²) in [6, 6.07) is 4.16. The van der Waals surface area contributed by atoms with Crippen molar-refractivity contribution in [2.45, 2.75) is 133 Å². The number of hydrogen-bond acceptors (Lipinski definition) is 9. The van der Waals surface area contributed by atoms with Crippen LogP contribution in [0.3, 0.4) is 0 Å². The second kappa shape index (κ2) is 15.6. The van der Waals surface area contributed by atoms with Crippen molar-refractivity contribution >= 4 is 44.6 Å². The molecule has 17 heteroatoms. The maximum absolute atomic E-state index is 15.4. The maximum atomic E-state index is 15.4. The lowest BCUT2D eigenvalue weighted by Crippen LogP contribution is -2.67. The minimum Gasteiger partial charge on any atom is -0.494 e. The van der Waals surface area contributed by atoms with Crippen LogP contribution in [0.2, 0.25) is 0 Å². The highest BCUT2D eigenvalue weighted by molar-refractivity contribution is 7.91. The standard InChI is InChI=1S/C41H55F2N5O9S/c1-8-25-19-24(2)13-9-10-14-26-21-41(26,36(51)46-58(54,55)39(5)17-18-39)45-33(49)30-20-27(57-34-29-16-12-11-15-28(29)31(56-7)22-44-34)23-47(30)35(50)32(25)48(37(52)53)38(3,4)40(6,42)43/h10-12,14-16,22,24-27,30,32H,8-9,13,17-21,23H2,1-7H3,(H,45,49)(H,46,51)(H,52,53)/b14-10-/t24-,25+,26+,27+,30-,32-,41+/m0/s1. The van der Waals surface area contributed by atoms with E-state index in [2.05, 4.69) is 15.0 Å². The number of amides is 4. The van der Waals surface area contributed by atoms with Crippen molar-refractivity contribution in [3.8, 4) is 11.6 Å². The molecule has 2 aliphatic carbocycles. The van der Waals surface area contributed by atoms with E-state index in [0.29, 0.717) is 60.4 Å². The van der Waals surface area contributed by atoms with Crippen LogP contribution < -0.4 is 19.5 Å². The monoisotopic (exact) mass is 831 g/mol. The van der Waals surface area contributed by atoms with Crippen molar-refractivity contribution < 1.29 is 51.0 Å². The minimum absolute atomic E-state index is 0.0905. The van der Waals surface area contributed by atoms with E-state index in [0.717, 1.165) is 13.8 Å². The number of fused-ring (bicyclic) bond motifs is 3. The second-order valence-electron chi connectivity index (χ2n) is 17.4. The molecule has 4 aliphatic rings. The maximum Gasteiger partial charge on any atom is 0.408 e.